The minimum atomic E-state index is -1.48. The van der Waals surface area contributed by atoms with Crippen molar-refractivity contribution in [2.75, 3.05) is 0 Å². The summed E-state index contributed by atoms with van der Waals surface area (Å²) in [5.41, 5.74) is 2.15. The minimum absolute atomic E-state index is 0. The number of halogens is 4. The van der Waals surface area contributed by atoms with Crippen LogP contribution in [0.5, 0.6) is 0 Å². The average Bonchev–Trinajstić information content (AvgIpc) is 3.52. The molecule has 0 amide bonds. The Kier molecular flexibility index (Phi) is 17.4. The van der Waals surface area contributed by atoms with Crippen LogP contribution in [0.4, 0.5) is 0 Å². The Balaban J connectivity index is 0.000000266. The van der Waals surface area contributed by atoms with Crippen LogP contribution in [-0.2, 0) is 27.9 Å². The molecule has 0 aliphatic carbocycles. The van der Waals surface area contributed by atoms with Crippen molar-refractivity contribution in [1.29, 1.82) is 0 Å². The van der Waals surface area contributed by atoms with Crippen molar-refractivity contribution < 1.29 is 38.0 Å². The fourth-order valence-corrected chi connectivity index (χ4v) is 6.33. The van der Waals surface area contributed by atoms with Crippen molar-refractivity contribution in [3.63, 3.8) is 0 Å². The first-order chi connectivity index (χ1) is 25.0. The second-order valence-electron chi connectivity index (χ2n) is 17.0. The molecule has 3 fully saturated rings. The van der Waals surface area contributed by atoms with E-state index in [2.05, 4.69) is 15.9 Å². The van der Waals surface area contributed by atoms with Crippen LogP contribution in [0.15, 0.2) is 59.1 Å². The molecule has 8 nitrogen and oxygen atoms in total. The molecule has 6 rings (SSSR count). The summed E-state index contributed by atoms with van der Waals surface area (Å²) in [4.78, 5) is 0. The number of aryl methyl sites for hydroxylation is 3. The lowest BCUT2D eigenvalue weighted by Crippen LogP contribution is -2.41. The van der Waals surface area contributed by atoms with Gasteiger partial charge < -0.3 is 38.0 Å². The van der Waals surface area contributed by atoms with E-state index in [4.69, 9.17) is 72.8 Å². The van der Waals surface area contributed by atoms with Crippen LogP contribution in [-0.4, -0.2) is 71.9 Å². The zero-order valence-corrected chi connectivity index (χ0v) is 38.7. The van der Waals surface area contributed by atoms with Gasteiger partial charge in [0.1, 0.15) is 0 Å². The van der Waals surface area contributed by atoms with Crippen molar-refractivity contribution in [1.82, 2.24) is 0 Å². The van der Waals surface area contributed by atoms with Gasteiger partial charge in [-0.05, 0) is 143 Å². The van der Waals surface area contributed by atoms with Crippen LogP contribution in [0.3, 0.4) is 0 Å². The highest BCUT2D eigenvalue weighted by atomic mass is 79.9. The third-order valence-corrected chi connectivity index (χ3v) is 13.6. The van der Waals surface area contributed by atoms with Gasteiger partial charge in [-0.15, -0.1) is 0 Å². The quantitative estimate of drug-likeness (QED) is 0.251. The van der Waals surface area contributed by atoms with E-state index in [1.54, 1.807) is 12.1 Å². The predicted octanol–water partition coefficient (Wildman–Crippen LogP) is 9.57. The van der Waals surface area contributed by atoms with Crippen LogP contribution in [0.1, 0.15) is 107 Å². The Bertz CT molecular complexity index is 1690. The average molecular weight is 898 g/mol. The van der Waals surface area contributed by atoms with Crippen LogP contribution in [0.2, 0.25) is 15.1 Å². The number of benzene rings is 3. The molecule has 56 heavy (non-hydrogen) atoms. The van der Waals surface area contributed by atoms with Gasteiger partial charge in [0.05, 0.1) is 38.6 Å². The summed E-state index contributed by atoms with van der Waals surface area (Å²) < 4.78 is 36.8. The lowest BCUT2D eigenvalue weighted by atomic mass is 9.49. The van der Waals surface area contributed by atoms with E-state index in [9.17, 15) is 0 Å². The normalized spacial score (nSPS) is 20.4. The van der Waals surface area contributed by atoms with Gasteiger partial charge in [0.2, 0.25) is 0 Å². The van der Waals surface area contributed by atoms with Gasteiger partial charge in [-0.1, -0.05) is 90.8 Å². The fraction of sp³-hybridized carbons (Fsp3) is 0.550. The topological polar surface area (TPSA) is 95.8 Å². The first kappa shape index (κ1) is 51.1. The van der Waals surface area contributed by atoms with Crippen LogP contribution in [0, 0.1) is 20.8 Å². The van der Waals surface area contributed by atoms with Gasteiger partial charge in [-0.2, -0.15) is 0 Å². The molecular formula is C40H60B4BrCl3O8. The van der Waals surface area contributed by atoms with E-state index >= 15 is 0 Å². The van der Waals surface area contributed by atoms with Crippen molar-refractivity contribution >= 4 is 89.9 Å². The third-order valence-electron chi connectivity index (χ3n) is 11.1. The van der Waals surface area contributed by atoms with E-state index in [1.807, 2.05) is 146 Å². The molecule has 16 heteroatoms. The van der Waals surface area contributed by atoms with Crippen molar-refractivity contribution in [3.8, 4) is 0 Å². The molecule has 0 spiro atoms. The molecule has 0 saturated carbocycles. The van der Waals surface area contributed by atoms with Crippen molar-refractivity contribution in [2.45, 2.75) is 145 Å². The fourth-order valence-electron chi connectivity index (χ4n) is 5.30. The first-order valence-corrected chi connectivity index (χ1v) is 20.2. The van der Waals surface area contributed by atoms with Crippen LogP contribution >= 0.6 is 50.7 Å². The highest BCUT2D eigenvalue weighted by Gasteiger charge is 2.63. The Labute approximate surface area is 361 Å². The summed E-state index contributed by atoms with van der Waals surface area (Å²) in [5, 5.41) is 19.6. The maximum atomic E-state index is 8.80. The van der Waals surface area contributed by atoms with E-state index in [1.165, 1.54) is 0 Å². The van der Waals surface area contributed by atoms with E-state index < -0.39 is 21.1 Å². The van der Waals surface area contributed by atoms with Crippen LogP contribution in [0.25, 0.3) is 0 Å². The van der Waals surface area contributed by atoms with E-state index in [0.29, 0.717) is 10.5 Å². The Hall–Kier alpha value is -1.05. The van der Waals surface area contributed by atoms with Gasteiger partial charge in [-0.3, -0.25) is 0 Å². The maximum absolute atomic E-state index is 8.80. The predicted molar refractivity (Wildman–Crippen MR) is 241 cm³/mol. The monoisotopic (exact) mass is 896 g/mol. The molecule has 3 aliphatic rings. The number of hydrogen-bond acceptors (Lipinski definition) is 8. The summed E-state index contributed by atoms with van der Waals surface area (Å²) in [5.74, 6) is 0. The molecule has 3 aliphatic heterocycles. The molecule has 0 aromatic heterocycles. The molecule has 3 saturated heterocycles. The molecule has 3 heterocycles. The molecule has 0 atom stereocenters. The largest absolute Gasteiger partial charge is 0.496 e. The molecule has 0 bridgehead atoms. The van der Waals surface area contributed by atoms with Gasteiger partial charge in [0.15, 0.2) is 0 Å². The van der Waals surface area contributed by atoms with Gasteiger partial charge >= 0.3 is 28.3 Å². The maximum Gasteiger partial charge on any atom is 0.496 e. The Morgan fingerprint density at radius 2 is 0.821 bits per heavy atom. The van der Waals surface area contributed by atoms with Crippen LogP contribution < -0.4 is 10.9 Å². The summed E-state index contributed by atoms with van der Waals surface area (Å²) in [6, 6.07) is 16.9. The molecule has 0 radical (unpaired) electrons. The second kappa shape index (κ2) is 19.1. The summed E-state index contributed by atoms with van der Waals surface area (Å²) in [6.07, 6.45) is 0. The highest BCUT2D eigenvalue weighted by Crippen LogP contribution is 2.43. The molecule has 3 aromatic rings. The second-order valence-corrected chi connectivity index (χ2v) is 19.0. The minimum Gasteiger partial charge on any atom is -0.423 e. The number of rotatable bonds is 3. The van der Waals surface area contributed by atoms with Gasteiger partial charge in [0.25, 0.3) is 0 Å². The van der Waals surface area contributed by atoms with E-state index in [0.717, 1.165) is 36.7 Å². The van der Waals surface area contributed by atoms with Crippen molar-refractivity contribution in [2.24, 2.45) is 0 Å². The first-order valence-electron chi connectivity index (χ1n) is 18.3. The zero-order chi connectivity index (χ0) is 42.1. The number of hydrogen-bond donors (Lipinski definition) is 2. The summed E-state index contributed by atoms with van der Waals surface area (Å²) in [7, 11) is -2.82. The summed E-state index contributed by atoms with van der Waals surface area (Å²) in [6.45, 7) is 30.1. The SMILES string of the molecule is C.CC1(C)OB(B2OC(C)(C)C(C)(C)O2)OC1(C)C.Cc1cccc(B(O)O)c1Cl.Cc1cccc(B2OC(C)(C)C(C)(C)O2)c1Cl.Cc1cccc(Br)c1Cl. The van der Waals surface area contributed by atoms with Gasteiger partial charge in [-0.25, -0.2) is 0 Å². The molecular weight excluding hydrogens is 838 g/mol. The molecule has 0 unspecified atom stereocenters. The van der Waals surface area contributed by atoms with Gasteiger partial charge in [0, 0.05) is 25.4 Å². The third kappa shape index (κ3) is 11.8. The van der Waals surface area contributed by atoms with E-state index in [-0.39, 0.29) is 48.2 Å². The lowest BCUT2D eigenvalue weighted by Gasteiger charge is -2.32. The zero-order valence-electron chi connectivity index (χ0n) is 34.9. The highest BCUT2D eigenvalue weighted by molar-refractivity contribution is 9.10. The molecule has 3 aromatic carbocycles. The smallest absolute Gasteiger partial charge is 0.423 e. The Morgan fingerprint density at radius 1 is 0.500 bits per heavy atom. The molecule has 2 N–H and O–H groups in total. The van der Waals surface area contributed by atoms with Crippen molar-refractivity contribution in [3.05, 3.63) is 90.8 Å². The Morgan fingerprint density at radius 3 is 1.16 bits per heavy atom. The lowest BCUT2D eigenvalue weighted by molar-refractivity contribution is 0.00578. The summed E-state index contributed by atoms with van der Waals surface area (Å²) >= 11 is 21.2. The standard InChI is InChI=1S/C13H18BClO2.C12H24B2O4.C7H8BClO2.C7H6BrCl.CH4/c1-9-7-6-8-10(11(9)15)14-16-12(2,3)13(4,5)17-14;1-9(2)10(3,4)16-13(15-9)14-17-11(5,6)12(7,8)18-14;1-5-3-2-4-6(7(5)9)8(10)11;1-5-3-2-4-6(8)7(5)9;/h6-8H,1-5H3;1-8H3;2-4,10-11H,1H3;2-4H,1H3;1H4. The molecule has 308 valence electrons.